The van der Waals surface area contributed by atoms with E-state index in [1.807, 2.05) is 30.3 Å². The molecule has 2 aromatic rings. The van der Waals surface area contributed by atoms with E-state index in [-0.39, 0.29) is 19.5 Å². The highest BCUT2D eigenvalue weighted by Gasteiger charge is 2.31. The second-order valence-electron chi connectivity index (χ2n) is 6.80. The molecule has 1 aromatic heterocycles. The van der Waals surface area contributed by atoms with Gasteiger partial charge in [-0.1, -0.05) is 53.5 Å². The molecule has 2 amide bonds. The van der Waals surface area contributed by atoms with Gasteiger partial charge in [0.05, 0.1) is 4.34 Å². The van der Waals surface area contributed by atoms with Crippen LogP contribution in [0.3, 0.4) is 0 Å². The normalized spacial score (nSPS) is 15.3. The summed E-state index contributed by atoms with van der Waals surface area (Å²) in [4.78, 5) is 26.4. The molecule has 1 N–H and O–H groups in total. The molecule has 0 saturated carbocycles. The highest BCUT2D eigenvalue weighted by molar-refractivity contribution is 7.90. The van der Waals surface area contributed by atoms with Gasteiger partial charge in [-0.05, 0) is 30.9 Å². The number of halogens is 2. The number of nitrogens with zero attached hydrogens (tertiary/aromatic N) is 1. The number of rotatable bonds is 6. The van der Waals surface area contributed by atoms with Gasteiger partial charge in [-0.15, -0.1) is 11.3 Å². The molecule has 1 aliphatic heterocycles. The lowest BCUT2D eigenvalue weighted by Crippen LogP contribution is -2.44. The summed E-state index contributed by atoms with van der Waals surface area (Å²) in [6, 6.07) is 11.0. The van der Waals surface area contributed by atoms with Crippen molar-refractivity contribution in [1.29, 1.82) is 0 Å². The summed E-state index contributed by atoms with van der Waals surface area (Å²) in [5.74, 6) is -1.02. The van der Waals surface area contributed by atoms with Crippen LogP contribution in [0.5, 0.6) is 0 Å². The van der Waals surface area contributed by atoms with E-state index in [2.05, 4.69) is 4.72 Å². The summed E-state index contributed by atoms with van der Waals surface area (Å²) >= 11 is 12.6. The molecule has 1 fully saturated rings. The zero-order valence-corrected chi connectivity index (χ0v) is 18.6. The first kappa shape index (κ1) is 22.1. The molecule has 156 valence electrons. The van der Waals surface area contributed by atoms with Crippen molar-refractivity contribution in [2.45, 2.75) is 30.6 Å². The lowest BCUT2D eigenvalue weighted by molar-refractivity contribution is -0.135. The number of amides is 2. The lowest BCUT2D eigenvalue weighted by atomic mass is 9.96. The van der Waals surface area contributed by atoms with Crippen LogP contribution in [0.2, 0.25) is 8.67 Å². The van der Waals surface area contributed by atoms with E-state index in [0.29, 0.717) is 38.8 Å². The minimum absolute atomic E-state index is 0.00846. The number of carbonyl (C=O) groups excluding carboxylic acids is 2. The molecule has 0 radical (unpaired) electrons. The lowest BCUT2D eigenvalue weighted by Gasteiger charge is -2.31. The Morgan fingerprint density at radius 1 is 1.14 bits per heavy atom. The summed E-state index contributed by atoms with van der Waals surface area (Å²) in [5, 5.41) is 0. The Labute approximate surface area is 183 Å². The highest BCUT2D eigenvalue weighted by Crippen LogP contribution is 2.34. The Kier molecular flexibility index (Phi) is 7.21. The van der Waals surface area contributed by atoms with Crippen LogP contribution in [-0.2, 0) is 26.0 Å². The molecule has 29 heavy (non-hydrogen) atoms. The molecule has 0 aliphatic carbocycles. The van der Waals surface area contributed by atoms with Gasteiger partial charge < -0.3 is 4.90 Å². The van der Waals surface area contributed by atoms with Crippen molar-refractivity contribution in [3.63, 3.8) is 0 Å². The molecule has 0 atom stereocenters. The molecule has 10 heteroatoms. The topological polar surface area (TPSA) is 83.6 Å². The van der Waals surface area contributed by atoms with Gasteiger partial charge in [0.25, 0.3) is 10.0 Å². The Morgan fingerprint density at radius 2 is 1.79 bits per heavy atom. The molecule has 1 saturated heterocycles. The van der Waals surface area contributed by atoms with E-state index >= 15 is 0 Å². The summed E-state index contributed by atoms with van der Waals surface area (Å²) < 4.78 is 27.1. The van der Waals surface area contributed by atoms with Crippen molar-refractivity contribution < 1.29 is 18.0 Å². The summed E-state index contributed by atoms with van der Waals surface area (Å²) in [6.07, 6.45) is 1.90. The first-order chi connectivity index (χ1) is 13.8. The fourth-order valence-corrected chi connectivity index (χ4v) is 6.42. The maximum absolute atomic E-state index is 12.4. The van der Waals surface area contributed by atoms with Gasteiger partial charge in [0.1, 0.15) is 9.23 Å². The number of sulfonamides is 1. The van der Waals surface area contributed by atoms with E-state index in [4.69, 9.17) is 23.2 Å². The zero-order chi connectivity index (χ0) is 21.0. The molecule has 1 aromatic carbocycles. The van der Waals surface area contributed by atoms with Gasteiger partial charge >= 0.3 is 0 Å². The van der Waals surface area contributed by atoms with Crippen LogP contribution in [0, 0.1) is 5.92 Å². The fourth-order valence-electron chi connectivity index (χ4n) is 3.22. The minimum atomic E-state index is -4.07. The Balaban J connectivity index is 1.50. The predicted molar refractivity (Wildman–Crippen MR) is 114 cm³/mol. The number of thiophene rings is 1. The number of benzene rings is 1. The molecular formula is C19H20Cl2N2O4S2. The number of nitrogens with one attached hydrogen (secondary N) is 1. The maximum atomic E-state index is 12.4. The van der Waals surface area contributed by atoms with Crippen molar-refractivity contribution in [3.8, 4) is 0 Å². The van der Waals surface area contributed by atoms with Crippen LogP contribution in [0.15, 0.2) is 41.3 Å². The average molecular weight is 475 g/mol. The van der Waals surface area contributed by atoms with E-state index in [0.717, 1.165) is 16.9 Å². The zero-order valence-electron chi connectivity index (χ0n) is 15.4. The van der Waals surface area contributed by atoms with Crippen molar-refractivity contribution in [1.82, 2.24) is 9.62 Å². The number of aryl methyl sites for hydroxylation is 1. The van der Waals surface area contributed by atoms with E-state index in [1.54, 1.807) is 4.90 Å². The largest absolute Gasteiger partial charge is 0.343 e. The van der Waals surface area contributed by atoms with Gasteiger partial charge in [-0.3, -0.25) is 9.59 Å². The van der Waals surface area contributed by atoms with Gasteiger partial charge in [0.15, 0.2) is 0 Å². The van der Waals surface area contributed by atoms with Crippen LogP contribution in [-0.4, -0.2) is 38.2 Å². The number of carbonyl (C=O) groups is 2. The number of piperidine rings is 1. The maximum Gasteiger partial charge on any atom is 0.266 e. The molecule has 0 spiro atoms. The average Bonchev–Trinajstić information content (AvgIpc) is 3.05. The Morgan fingerprint density at radius 3 is 2.38 bits per heavy atom. The smallest absolute Gasteiger partial charge is 0.266 e. The first-order valence-corrected chi connectivity index (χ1v) is 12.1. The molecule has 0 unspecified atom stereocenters. The van der Waals surface area contributed by atoms with Crippen molar-refractivity contribution >= 4 is 56.4 Å². The second-order valence-corrected chi connectivity index (χ2v) is 10.7. The summed E-state index contributed by atoms with van der Waals surface area (Å²) in [7, 11) is -4.07. The fraction of sp³-hybridized carbons (Fsp3) is 0.368. The van der Waals surface area contributed by atoms with Crippen molar-refractivity contribution in [2.75, 3.05) is 13.1 Å². The first-order valence-electron chi connectivity index (χ1n) is 9.09. The third kappa shape index (κ3) is 5.72. The van der Waals surface area contributed by atoms with Crippen LogP contribution in [0.25, 0.3) is 0 Å². The predicted octanol–water partition coefficient (Wildman–Crippen LogP) is 3.73. The molecule has 2 heterocycles. The third-order valence-electron chi connectivity index (χ3n) is 4.84. The Bertz CT molecular complexity index is 985. The van der Waals surface area contributed by atoms with Crippen LogP contribution < -0.4 is 4.72 Å². The summed E-state index contributed by atoms with van der Waals surface area (Å²) in [6.45, 7) is 0.855. The number of likely N-dealkylation sites (tertiary alicyclic amines) is 1. The Hall–Kier alpha value is -1.61. The van der Waals surface area contributed by atoms with Gasteiger partial charge in [0, 0.05) is 25.4 Å². The monoisotopic (exact) mass is 474 g/mol. The van der Waals surface area contributed by atoms with Crippen LogP contribution in [0.1, 0.15) is 24.8 Å². The second kappa shape index (κ2) is 9.47. The van der Waals surface area contributed by atoms with Crippen LogP contribution >= 0.6 is 34.5 Å². The molecule has 6 nitrogen and oxygen atoms in total. The quantitative estimate of drug-likeness (QED) is 0.690. The number of hydrogen-bond acceptors (Lipinski definition) is 5. The van der Waals surface area contributed by atoms with E-state index in [1.165, 1.54) is 6.07 Å². The highest BCUT2D eigenvalue weighted by atomic mass is 35.5. The van der Waals surface area contributed by atoms with Gasteiger partial charge in [-0.2, -0.15) is 0 Å². The molecule has 1 aliphatic rings. The third-order valence-corrected chi connectivity index (χ3v) is 7.94. The van der Waals surface area contributed by atoms with E-state index in [9.17, 15) is 18.0 Å². The SMILES string of the molecule is O=C(NS(=O)(=O)c1cc(Cl)sc1Cl)C1CCN(C(=O)CCc2ccccc2)CC1. The molecule has 0 bridgehead atoms. The number of hydrogen-bond donors (Lipinski definition) is 1. The van der Waals surface area contributed by atoms with Crippen molar-refractivity contribution in [3.05, 3.63) is 50.6 Å². The molecular weight excluding hydrogens is 455 g/mol. The molecule has 3 rings (SSSR count). The standard InChI is InChI=1S/C19H20Cl2N2O4S2/c20-16-12-15(18(21)28-16)29(26,27)22-19(25)14-8-10-23(11-9-14)17(24)7-6-13-4-2-1-3-5-13/h1-5,12,14H,6-11H2,(H,22,25). The minimum Gasteiger partial charge on any atom is -0.343 e. The summed E-state index contributed by atoms with van der Waals surface area (Å²) in [5.41, 5.74) is 1.10. The van der Waals surface area contributed by atoms with Crippen molar-refractivity contribution in [2.24, 2.45) is 5.92 Å². The van der Waals surface area contributed by atoms with Gasteiger partial charge in [0.2, 0.25) is 11.8 Å². The van der Waals surface area contributed by atoms with Gasteiger partial charge in [-0.25, -0.2) is 13.1 Å². The van der Waals surface area contributed by atoms with Crippen LogP contribution in [0.4, 0.5) is 0 Å². The van der Waals surface area contributed by atoms with E-state index < -0.39 is 21.8 Å².